The number of aliphatic hydroxyl groups excluding tert-OH is 1. The third-order valence-corrected chi connectivity index (χ3v) is 1.38. The average Bonchev–Trinajstić information content (AvgIpc) is 2.06. The van der Waals surface area contributed by atoms with Crippen LogP contribution >= 0.6 is 0 Å². The molecule has 0 aliphatic carbocycles. The van der Waals surface area contributed by atoms with Gasteiger partial charge in [0.05, 0.1) is 6.61 Å². The van der Waals surface area contributed by atoms with Crippen molar-refractivity contribution in [3.05, 3.63) is 29.8 Å². The Hall–Kier alpha value is -1.06. The first-order chi connectivity index (χ1) is 5.38. The lowest BCUT2D eigenvalue weighted by Crippen LogP contribution is -2.08. The number of hydrogen-bond acceptors (Lipinski definition) is 3. The Morgan fingerprint density at radius 2 is 2.09 bits per heavy atom. The van der Waals surface area contributed by atoms with Crippen molar-refractivity contribution >= 4 is 0 Å². The van der Waals surface area contributed by atoms with Crippen LogP contribution in [0.4, 0.5) is 0 Å². The van der Waals surface area contributed by atoms with Crippen LogP contribution < -0.4 is 10.5 Å². The lowest BCUT2D eigenvalue weighted by atomic mass is 10.2. The maximum absolute atomic E-state index is 8.82. The third kappa shape index (κ3) is 1.93. The Balaban J connectivity index is 2.83. The molecule has 3 N–H and O–H groups in total. The van der Waals surface area contributed by atoms with E-state index in [2.05, 4.69) is 0 Å². The highest BCUT2D eigenvalue weighted by molar-refractivity contribution is 5.32. The maximum Gasteiger partial charge on any atom is 0.137 e. The minimum absolute atomic E-state index is 0.0177. The first-order valence-electron chi connectivity index (χ1n) is 3.40. The van der Waals surface area contributed by atoms with Gasteiger partial charge in [-0.3, -0.25) is 5.73 Å². The number of para-hydroxylation sites is 1. The van der Waals surface area contributed by atoms with E-state index < -0.39 is 0 Å². The normalized spacial score (nSPS) is 9.64. The number of rotatable bonds is 3. The highest BCUT2D eigenvalue weighted by Gasteiger charge is 1.98. The Morgan fingerprint density at radius 3 is 2.73 bits per heavy atom. The van der Waals surface area contributed by atoms with Crippen LogP contribution in [0.5, 0.6) is 5.75 Å². The zero-order valence-corrected chi connectivity index (χ0v) is 6.16. The Labute approximate surface area is 65.4 Å². The molecule has 1 aromatic carbocycles. The summed E-state index contributed by atoms with van der Waals surface area (Å²) in [5.41, 5.74) is 5.94. The minimum Gasteiger partial charge on any atom is -0.478 e. The smallest absolute Gasteiger partial charge is 0.137 e. The van der Waals surface area contributed by atoms with Crippen molar-refractivity contribution < 1.29 is 9.84 Å². The molecule has 0 heterocycles. The molecule has 0 radical (unpaired) electrons. The van der Waals surface area contributed by atoms with E-state index in [1.807, 2.05) is 12.1 Å². The average molecular weight is 153 g/mol. The second-order valence-corrected chi connectivity index (χ2v) is 2.08. The van der Waals surface area contributed by atoms with Gasteiger partial charge in [0.15, 0.2) is 0 Å². The van der Waals surface area contributed by atoms with Crippen LogP contribution in [0.15, 0.2) is 24.3 Å². The van der Waals surface area contributed by atoms with Crippen molar-refractivity contribution in [3.63, 3.8) is 0 Å². The molecular weight excluding hydrogens is 142 g/mol. The van der Waals surface area contributed by atoms with Gasteiger partial charge in [0.25, 0.3) is 0 Å². The molecule has 0 atom stereocenters. The first-order valence-corrected chi connectivity index (χ1v) is 3.40. The molecule has 11 heavy (non-hydrogen) atoms. The standard InChI is InChI=1S/C8H11NO2/c9-6-11-8-4-2-1-3-7(8)5-10/h1-4,10H,5-6,9H2. The summed E-state index contributed by atoms with van der Waals surface area (Å²) < 4.78 is 5.05. The predicted molar refractivity (Wildman–Crippen MR) is 42.0 cm³/mol. The molecule has 0 aromatic heterocycles. The van der Waals surface area contributed by atoms with Gasteiger partial charge in [-0.25, -0.2) is 0 Å². The molecule has 0 saturated heterocycles. The van der Waals surface area contributed by atoms with Crippen LogP contribution in [0.3, 0.4) is 0 Å². The van der Waals surface area contributed by atoms with E-state index in [4.69, 9.17) is 15.6 Å². The monoisotopic (exact) mass is 153 g/mol. The van der Waals surface area contributed by atoms with Crippen LogP contribution in [0.1, 0.15) is 5.56 Å². The Kier molecular flexibility index (Phi) is 2.89. The predicted octanol–water partition coefficient (Wildman–Crippen LogP) is 0.474. The van der Waals surface area contributed by atoms with E-state index >= 15 is 0 Å². The van der Waals surface area contributed by atoms with Crippen LogP contribution in [0.2, 0.25) is 0 Å². The number of nitrogens with two attached hydrogens (primary N) is 1. The molecule has 1 rings (SSSR count). The quantitative estimate of drug-likeness (QED) is 0.621. The van der Waals surface area contributed by atoms with Crippen LogP contribution in [0.25, 0.3) is 0 Å². The first kappa shape index (κ1) is 8.04. The fourth-order valence-electron chi connectivity index (χ4n) is 0.865. The Morgan fingerprint density at radius 1 is 1.36 bits per heavy atom. The van der Waals surface area contributed by atoms with Crippen LogP contribution in [0, 0.1) is 0 Å². The van der Waals surface area contributed by atoms with Crippen molar-refractivity contribution in [2.75, 3.05) is 6.73 Å². The van der Waals surface area contributed by atoms with Crippen molar-refractivity contribution in [2.45, 2.75) is 6.61 Å². The van der Waals surface area contributed by atoms with Crippen LogP contribution in [-0.2, 0) is 6.61 Å². The van der Waals surface area contributed by atoms with Gasteiger partial charge in [-0.1, -0.05) is 18.2 Å². The molecule has 0 unspecified atom stereocenters. The third-order valence-electron chi connectivity index (χ3n) is 1.38. The van der Waals surface area contributed by atoms with E-state index in [1.54, 1.807) is 12.1 Å². The van der Waals surface area contributed by atoms with Crippen molar-refractivity contribution in [3.8, 4) is 5.75 Å². The highest BCUT2D eigenvalue weighted by atomic mass is 16.5. The van der Waals surface area contributed by atoms with Gasteiger partial charge in [-0.05, 0) is 6.07 Å². The fourth-order valence-corrected chi connectivity index (χ4v) is 0.865. The molecule has 0 fully saturated rings. The molecular formula is C8H11NO2. The SMILES string of the molecule is NCOc1ccccc1CO. The van der Waals surface area contributed by atoms with Gasteiger partial charge >= 0.3 is 0 Å². The molecule has 0 saturated carbocycles. The molecule has 0 bridgehead atoms. The summed E-state index contributed by atoms with van der Waals surface area (Å²) in [5.74, 6) is 0.650. The number of aliphatic hydroxyl groups is 1. The van der Waals surface area contributed by atoms with E-state index in [9.17, 15) is 0 Å². The van der Waals surface area contributed by atoms with Gasteiger partial charge in [0, 0.05) is 5.56 Å². The molecule has 0 amide bonds. The fraction of sp³-hybridized carbons (Fsp3) is 0.250. The molecule has 1 aromatic rings. The molecule has 60 valence electrons. The van der Waals surface area contributed by atoms with E-state index in [-0.39, 0.29) is 13.3 Å². The van der Waals surface area contributed by atoms with E-state index in [1.165, 1.54) is 0 Å². The summed E-state index contributed by atoms with van der Waals surface area (Å²) in [5, 5.41) is 8.82. The van der Waals surface area contributed by atoms with Crippen molar-refractivity contribution in [1.29, 1.82) is 0 Å². The van der Waals surface area contributed by atoms with Gasteiger partial charge in [-0.15, -0.1) is 0 Å². The largest absolute Gasteiger partial charge is 0.478 e. The zero-order valence-electron chi connectivity index (χ0n) is 6.16. The van der Waals surface area contributed by atoms with E-state index in [0.29, 0.717) is 5.75 Å². The van der Waals surface area contributed by atoms with Gasteiger partial charge < -0.3 is 9.84 Å². The maximum atomic E-state index is 8.82. The second-order valence-electron chi connectivity index (χ2n) is 2.08. The van der Waals surface area contributed by atoms with Crippen LogP contribution in [-0.4, -0.2) is 11.8 Å². The van der Waals surface area contributed by atoms with Gasteiger partial charge in [-0.2, -0.15) is 0 Å². The van der Waals surface area contributed by atoms with Crippen molar-refractivity contribution in [2.24, 2.45) is 5.73 Å². The molecule has 0 aliphatic heterocycles. The Bertz CT molecular complexity index is 225. The summed E-state index contributed by atoms with van der Waals surface area (Å²) in [6, 6.07) is 7.25. The number of benzene rings is 1. The highest BCUT2D eigenvalue weighted by Crippen LogP contribution is 2.16. The molecule has 3 nitrogen and oxygen atoms in total. The summed E-state index contributed by atoms with van der Waals surface area (Å²) in [7, 11) is 0. The summed E-state index contributed by atoms with van der Waals surface area (Å²) in [6.07, 6.45) is 0. The van der Waals surface area contributed by atoms with Crippen molar-refractivity contribution in [1.82, 2.24) is 0 Å². The lowest BCUT2D eigenvalue weighted by Gasteiger charge is -2.06. The minimum atomic E-state index is -0.0177. The molecule has 3 heteroatoms. The van der Waals surface area contributed by atoms with Gasteiger partial charge in [0.1, 0.15) is 12.5 Å². The van der Waals surface area contributed by atoms with E-state index in [0.717, 1.165) is 5.56 Å². The molecule has 0 spiro atoms. The topological polar surface area (TPSA) is 55.5 Å². The van der Waals surface area contributed by atoms with Gasteiger partial charge in [0.2, 0.25) is 0 Å². The summed E-state index contributed by atoms with van der Waals surface area (Å²) in [6.45, 7) is 0.118. The summed E-state index contributed by atoms with van der Waals surface area (Å²) in [4.78, 5) is 0. The second kappa shape index (κ2) is 3.95. The molecule has 0 aliphatic rings. The number of hydrogen-bond donors (Lipinski definition) is 2. The number of ether oxygens (including phenoxy) is 1. The lowest BCUT2D eigenvalue weighted by molar-refractivity contribution is 0.265. The zero-order chi connectivity index (χ0) is 8.10. The summed E-state index contributed by atoms with van der Waals surface area (Å²) >= 11 is 0.